The lowest BCUT2D eigenvalue weighted by Crippen LogP contribution is -2.30. The fraction of sp³-hybridized carbons (Fsp3) is 0.250. The molecule has 134 valence electrons. The molecule has 6 heteroatoms. The highest BCUT2D eigenvalue weighted by Crippen LogP contribution is 2.26. The summed E-state index contributed by atoms with van der Waals surface area (Å²) in [5.41, 5.74) is 3.28. The number of carbonyl (C=O) groups excluding carboxylic acids is 1. The van der Waals surface area contributed by atoms with Gasteiger partial charge in [0.1, 0.15) is 0 Å². The van der Waals surface area contributed by atoms with Crippen molar-refractivity contribution in [1.82, 2.24) is 20.1 Å². The van der Waals surface area contributed by atoms with Gasteiger partial charge < -0.3 is 9.88 Å². The molecule has 0 aliphatic rings. The summed E-state index contributed by atoms with van der Waals surface area (Å²) >= 11 is 1.41. The maximum atomic E-state index is 12.4. The molecule has 1 N–H and O–H groups in total. The Labute approximate surface area is 157 Å². The highest BCUT2D eigenvalue weighted by atomic mass is 32.2. The molecule has 0 fully saturated rings. The van der Waals surface area contributed by atoms with E-state index in [1.54, 1.807) is 0 Å². The van der Waals surface area contributed by atoms with Gasteiger partial charge in [-0.25, -0.2) is 0 Å². The Bertz CT molecular complexity index is 892. The van der Waals surface area contributed by atoms with E-state index in [-0.39, 0.29) is 11.2 Å². The van der Waals surface area contributed by atoms with Crippen LogP contribution in [0.5, 0.6) is 0 Å². The molecule has 1 amide bonds. The SMILES string of the molecule is Cc1cccc(-c2nnc(SC(C)C(=O)NCc3ccccc3)n2C)c1. The monoisotopic (exact) mass is 366 g/mol. The zero-order valence-corrected chi connectivity index (χ0v) is 16.0. The standard InChI is InChI=1S/C20H22N4OS/c1-14-8-7-11-17(12-14)18-22-23-20(24(18)3)26-15(2)19(25)21-13-16-9-5-4-6-10-16/h4-12,15H,13H2,1-3H3,(H,21,25). The highest BCUT2D eigenvalue weighted by molar-refractivity contribution is 8.00. The fourth-order valence-electron chi connectivity index (χ4n) is 2.59. The predicted molar refractivity (Wildman–Crippen MR) is 105 cm³/mol. The molecule has 26 heavy (non-hydrogen) atoms. The van der Waals surface area contributed by atoms with E-state index in [2.05, 4.69) is 34.6 Å². The van der Waals surface area contributed by atoms with Gasteiger partial charge in [-0.15, -0.1) is 10.2 Å². The second-order valence-corrected chi connectivity index (χ2v) is 7.51. The predicted octanol–water partition coefficient (Wildman–Crippen LogP) is 3.59. The molecule has 0 saturated carbocycles. The van der Waals surface area contributed by atoms with Crippen LogP contribution in [0.4, 0.5) is 0 Å². The molecule has 5 nitrogen and oxygen atoms in total. The largest absolute Gasteiger partial charge is 0.351 e. The van der Waals surface area contributed by atoms with Gasteiger partial charge in [-0.3, -0.25) is 4.79 Å². The summed E-state index contributed by atoms with van der Waals surface area (Å²) in [4.78, 5) is 12.4. The van der Waals surface area contributed by atoms with E-state index in [9.17, 15) is 4.79 Å². The Morgan fingerprint density at radius 2 is 1.92 bits per heavy atom. The van der Waals surface area contributed by atoms with E-state index < -0.39 is 0 Å². The third kappa shape index (κ3) is 4.32. The number of hydrogen-bond donors (Lipinski definition) is 1. The lowest BCUT2D eigenvalue weighted by molar-refractivity contribution is -0.120. The van der Waals surface area contributed by atoms with E-state index in [1.807, 2.05) is 61.0 Å². The molecule has 2 aromatic carbocycles. The van der Waals surface area contributed by atoms with Gasteiger partial charge in [0.25, 0.3) is 0 Å². The second kappa shape index (κ2) is 8.19. The Kier molecular flexibility index (Phi) is 5.73. The van der Waals surface area contributed by atoms with Crippen molar-refractivity contribution in [2.24, 2.45) is 7.05 Å². The molecule has 0 saturated heterocycles. The van der Waals surface area contributed by atoms with Crippen molar-refractivity contribution >= 4 is 17.7 Å². The Balaban J connectivity index is 1.64. The fourth-order valence-corrected chi connectivity index (χ4v) is 3.43. The number of hydrogen-bond acceptors (Lipinski definition) is 4. The van der Waals surface area contributed by atoms with E-state index in [4.69, 9.17) is 0 Å². The summed E-state index contributed by atoms with van der Waals surface area (Å²) in [6.45, 7) is 4.46. The first-order chi connectivity index (χ1) is 12.5. The highest BCUT2D eigenvalue weighted by Gasteiger charge is 2.19. The van der Waals surface area contributed by atoms with Crippen LogP contribution in [0.15, 0.2) is 59.8 Å². The molecule has 3 rings (SSSR count). The second-order valence-electron chi connectivity index (χ2n) is 6.20. The zero-order valence-electron chi connectivity index (χ0n) is 15.1. The van der Waals surface area contributed by atoms with Crippen LogP contribution in [-0.2, 0) is 18.4 Å². The number of thioether (sulfide) groups is 1. The third-order valence-corrected chi connectivity index (χ3v) is 5.21. The smallest absolute Gasteiger partial charge is 0.233 e. The molecular weight excluding hydrogens is 344 g/mol. The lowest BCUT2D eigenvalue weighted by Gasteiger charge is -2.12. The maximum Gasteiger partial charge on any atom is 0.233 e. The molecule has 0 spiro atoms. The van der Waals surface area contributed by atoms with Crippen molar-refractivity contribution < 1.29 is 4.79 Å². The van der Waals surface area contributed by atoms with Crippen molar-refractivity contribution in [1.29, 1.82) is 0 Å². The van der Waals surface area contributed by atoms with E-state index >= 15 is 0 Å². The third-order valence-electron chi connectivity index (χ3n) is 4.07. The number of aryl methyl sites for hydroxylation is 1. The van der Waals surface area contributed by atoms with Gasteiger partial charge in [0.15, 0.2) is 11.0 Å². The van der Waals surface area contributed by atoms with Crippen LogP contribution in [0.1, 0.15) is 18.1 Å². The molecule has 1 aromatic heterocycles. The van der Waals surface area contributed by atoms with Crippen molar-refractivity contribution in [2.75, 3.05) is 0 Å². The summed E-state index contributed by atoms with van der Waals surface area (Å²) in [7, 11) is 1.93. The van der Waals surface area contributed by atoms with Gasteiger partial charge in [0.05, 0.1) is 5.25 Å². The lowest BCUT2D eigenvalue weighted by atomic mass is 10.1. The van der Waals surface area contributed by atoms with E-state index in [0.29, 0.717) is 6.54 Å². The zero-order chi connectivity index (χ0) is 18.5. The Hall–Kier alpha value is -2.60. The number of rotatable bonds is 6. The minimum absolute atomic E-state index is 0.0149. The number of nitrogens with zero attached hydrogens (tertiary/aromatic N) is 3. The molecular formula is C20H22N4OS. The van der Waals surface area contributed by atoms with Gasteiger partial charge in [-0.2, -0.15) is 0 Å². The maximum absolute atomic E-state index is 12.4. The minimum Gasteiger partial charge on any atom is -0.351 e. The molecule has 1 heterocycles. The van der Waals surface area contributed by atoms with Crippen LogP contribution in [-0.4, -0.2) is 25.9 Å². The first-order valence-electron chi connectivity index (χ1n) is 8.49. The Morgan fingerprint density at radius 1 is 1.15 bits per heavy atom. The van der Waals surface area contributed by atoms with Crippen LogP contribution >= 0.6 is 11.8 Å². The number of benzene rings is 2. The molecule has 1 unspecified atom stereocenters. The van der Waals surface area contributed by atoms with Crippen molar-refractivity contribution in [2.45, 2.75) is 30.8 Å². The molecule has 0 aliphatic heterocycles. The first kappa shape index (κ1) is 18.2. The molecule has 0 radical (unpaired) electrons. The molecule has 3 aromatic rings. The van der Waals surface area contributed by atoms with Gasteiger partial charge in [0.2, 0.25) is 5.91 Å². The number of nitrogens with one attached hydrogen (secondary N) is 1. The van der Waals surface area contributed by atoms with Gasteiger partial charge in [-0.05, 0) is 25.5 Å². The van der Waals surface area contributed by atoms with E-state index in [0.717, 1.165) is 22.1 Å². The first-order valence-corrected chi connectivity index (χ1v) is 9.37. The van der Waals surface area contributed by atoms with Crippen LogP contribution in [0.2, 0.25) is 0 Å². The average molecular weight is 366 g/mol. The average Bonchev–Trinajstić information content (AvgIpc) is 3.01. The summed E-state index contributed by atoms with van der Waals surface area (Å²) in [6.07, 6.45) is 0. The number of aromatic nitrogens is 3. The Morgan fingerprint density at radius 3 is 2.65 bits per heavy atom. The molecule has 0 bridgehead atoms. The molecule has 1 atom stereocenters. The van der Waals surface area contributed by atoms with Gasteiger partial charge in [-0.1, -0.05) is 65.9 Å². The van der Waals surface area contributed by atoms with Crippen LogP contribution in [0, 0.1) is 6.92 Å². The van der Waals surface area contributed by atoms with Crippen LogP contribution in [0.25, 0.3) is 11.4 Å². The topological polar surface area (TPSA) is 59.8 Å². The molecule has 0 aliphatic carbocycles. The number of amides is 1. The van der Waals surface area contributed by atoms with Crippen molar-refractivity contribution in [3.05, 3.63) is 65.7 Å². The van der Waals surface area contributed by atoms with Crippen LogP contribution < -0.4 is 5.32 Å². The summed E-state index contributed by atoms with van der Waals surface area (Å²) in [5.74, 6) is 0.784. The van der Waals surface area contributed by atoms with Crippen LogP contribution in [0.3, 0.4) is 0 Å². The summed E-state index contributed by atoms with van der Waals surface area (Å²) in [6, 6.07) is 18.0. The normalized spacial score (nSPS) is 12.0. The van der Waals surface area contributed by atoms with Crippen molar-refractivity contribution in [3.8, 4) is 11.4 Å². The summed E-state index contributed by atoms with van der Waals surface area (Å²) in [5, 5.41) is 12.0. The number of carbonyl (C=O) groups is 1. The van der Waals surface area contributed by atoms with E-state index in [1.165, 1.54) is 17.3 Å². The summed E-state index contributed by atoms with van der Waals surface area (Å²) < 4.78 is 1.93. The van der Waals surface area contributed by atoms with Gasteiger partial charge >= 0.3 is 0 Å². The van der Waals surface area contributed by atoms with Crippen molar-refractivity contribution in [3.63, 3.8) is 0 Å². The minimum atomic E-state index is -0.257. The van der Waals surface area contributed by atoms with Gasteiger partial charge in [0, 0.05) is 19.2 Å². The quantitative estimate of drug-likeness (QED) is 0.677.